The minimum Gasteiger partial charge on any atom is -0.406 e. The van der Waals surface area contributed by atoms with Gasteiger partial charge < -0.3 is 19.5 Å². The van der Waals surface area contributed by atoms with E-state index >= 15 is 0 Å². The summed E-state index contributed by atoms with van der Waals surface area (Å²) in [6, 6.07) is 9.34. The lowest BCUT2D eigenvalue weighted by Gasteiger charge is -2.21. The van der Waals surface area contributed by atoms with Crippen molar-refractivity contribution < 1.29 is 27.2 Å². The van der Waals surface area contributed by atoms with E-state index in [-0.39, 0.29) is 18.2 Å². The molecule has 0 radical (unpaired) electrons. The first-order valence-electron chi connectivity index (χ1n) is 12.1. The van der Waals surface area contributed by atoms with Crippen LogP contribution >= 0.6 is 0 Å². The van der Waals surface area contributed by atoms with Gasteiger partial charge in [-0.2, -0.15) is 4.98 Å². The summed E-state index contributed by atoms with van der Waals surface area (Å²) < 4.78 is 46.6. The Morgan fingerprint density at radius 3 is 2.64 bits per heavy atom. The fourth-order valence-corrected chi connectivity index (χ4v) is 4.97. The zero-order chi connectivity index (χ0) is 25.3. The molecule has 0 atom stereocenters. The normalized spacial score (nSPS) is 16.4. The highest BCUT2D eigenvalue weighted by Gasteiger charge is 2.32. The SMILES string of the molecule is Cc1cc(-c2nc(CCC3CCNCC3)no2)cc2c1C(=O)N(Cc1ccc(OC(F)(F)F)cc1)C2. The van der Waals surface area contributed by atoms with E-state index in [1.165, 1.54) is 37.1 Å². The third-order valence-electron chi connectivity index (χ3n) is 6.76. The van der Waals surface area contributed by atoms with E-state index in [4.69, 9.17) is 4.52 Å². The molecule has 0 bridgehead atoms. The standard InChI is InChI=1S/C26H27F3N4O3/c1-16-12-19(24-31-22(32-36-24)7-4-17-8-10-30-11-9-17)13-20-15-33(25(34)23(16)20)14-18-2-5-21(6-3-18)35-26(27,28)29/h2-3,5-6,12-13,17,30H,4,7-11,14-15H2,1H3. The molecule has 2 aliphatic heterocycles. The highest BCUT2D eigenvalue weighted by molar-refractivity contribution is 6.00. The highest BCUT2D eigenvalue weighted by Crippen LogP contribution is 2.32. The number of hydrogen-bond donors (Lipinski definition) is 1. The summed E-state index contributed by atoms with van der Waals surface area (Å²) in [6.45, 7) is 4.66. The molecule has 0 unspecified atom stereocenters. The van der Waals surface area contributed by atoms with Gasteiger partial charge in [0.05, 0.1) is 0 Å². The van der Waals surface area contributed by atoms with Crippen LogP contribution in [0, 0.1) is 12.8 Å². The van der Waals surface area contributed by atoms with Crippen molar-refractivity contribution in [1.82, 2.24) is 20.4 Å². The Morgan fingerprint density at radius 1 is 1.17 bits per heavy atom. The van der Waals surface area contributed by atoms with Crippen molar-refractivity contribution in [2.45, 2.75) is 52.1 Å². The van der Waals surface area contributed by atoms with Gasteiger partial charge in [0.2, 0.25) is 0 Å². The largest absolute Gasteiger partial charge is 0.573 e. The number of nitrogens with zero attached hydrogens (tertiary/aromatic N) is 3. The van der Waals surface area contributed by atoms with Crippen LogP contribution in [-0.4, -0.2) is 40.4 Å². The summed E-state index contributed by atoms with van der Waals surface area (Å²) in [5.74, 6) is 1.40. The van der Waals surface area contributed by atoms with Crippen LogP contribution in [0.25, 0.3) is 11.5 Å². The fraction of sp³-hybridized carbons (Fsp3) is 0.423. The van der Waals surface area contributed by atoms with Gasteiger partial charge in [0.25, 0.3) is 11.8 Å². The van der Waals surface area contributed by atoms with Gasteiger partial charge in [-0.25, -0.2) is 0 Å². The molecular formula is C26H27F3N4O3. The third-order valence-corrected chi connectivity index (χ3v) is 6.76. The van der Waals surface area contributed by atoms with Crippen molar-refractivity contribution in [3.63, 3.8) is 0 Å². The minimum atomic E-state index is -4.74. The fourth-order valence-electron chi connectivity index (χ4n) is 4.97. The van der Waals surface area contributed by atoms with Crippen LogP contribution < -0.4 is 10.1 Å². The number of amides is 1. The predicted molar refractivity (Wildman–Crippen MR) is 125 cm³/mol. The maximum absolute atomic E-state index is 13.1. The molecule has 2 aliphatic rings. The van der Waals surface area contributed by atoms with E-state index < -0.39 is 6.36 Å². The molecule has 1 fully saturated rings. The van der Waals surface area contributed by atoms with Crippen molar-refractivity contribution in [2.75, 3.05) is 13.1 Å². The van der Waals surface area contributed by atoms with Gasteiger partial charge in [0, 0.05) is 30.6 Å². The smallest absolute Gasteiger partial charge is 0.406 e. The van der Waals surface area contributed by atoms with Crippen LogP contribution in [-0.2, 0) is 19.5 Å². The molecule has 3 aromatic rings. The van der Waals surface area contributed by atoms with Crippen molar-refractivity contribution >= 4 is 5.91 Å². The second kappa shape index (κ2) is 9.93. The number of rotatable bonds is 7. The van der Waals surface area contributed by atoms with Crippen LogP contribution in [0.15, 0.2) is 40.9 Å². The topological polar surface area (TPSA) is 80.5 Å². The maximum Gasteiger partial charge on any atom is 0.573 e. The van der Waals surface area contributed by atoms with Crippen molar-refractivity contribution in [3.05, 3.63) is 64.5 Å². The average Bonchev–Trinajstić information content (AvgIpc) is 3.44. The van der Waals surface area contributed by atoms with Crippen molar-refractivity contribution in [2.24, 2.45) is 5.92 Å². The van der Waals surface area contributed by atoms with Crippen LogP contribution in [0.3, 0.4) is 0 Å². The lowest BCUT2D eigenvalue weighted by Crippen LogP contribution is -2.27. The van der Waals surface area contributed by atoms with Gasteiger partial charge in [-0.15, -0.1) is 13.2 Å². The third kappa shape index (κ3) is 5.53. The van der Waals surface area contributed by atoms with Gasteiger partial charge in [-0.1, -0.05) is 17.3 Å². The van der Waals surface area contributed by atoms with Crippen LogP contribution in [0.5, 0.6) is 5.75 Å². The lowest BCUT2D eigenvalue weighted by atomic mass is 9.93. The number of alkyl halides is 3. The Labute approximate surface area is 206 Å². The Morgan fingerprint density at radius 2 is 1.92 bits per heavy atom. The van der Waals surface area contributed by atoms with Crippen LogP contribution in [0.4, 0.5) is 13.2 Å². The molecule has 1 N–H and O–H groups in total. The number of halogens is 3. The zero-order valence-electron chi connectivity index (χ0n) is 19.9. The number of ether oxygens (including phenoxy) is 1. The van der Waals surface area contributed by atoms with E-state index in [1.54, 1.807) is 4.90 Å². The minimum absolute atomic E-state index is 0.113. The Hall–Kier alpha value is -3.40. The summed E-state index contributed by atoms with van der Waals surface area (Å²) >= 11 is 0. The number of aromatic nitrogens is 2. The number of fused-ring (bicyclic) bond motifs is 1. The second-order valence-electron chi connectivity index (χ2n) is 9.43. The van der Waals surface area contributed by atoms with E-state index in [0.717, 1.165) is 42.6 Å². The predicted octanol–water partition coefficient (Wildman–Crippen LogP) is 5.03. The van der Waals surface area contributed by atoms with E-state index in [0.29, 0.717) is 35.3 Å². The van der Waals surface area contributed by atoms with E-state index in [2.05, 4.69) is 20.2 Å². The first-order valence-corrected chi connectivity index (χ1v) is 12.1. The first-order chi connectivity index (χ1) is 17.2. The van der Waals surface area contributed by atoms with Crippen molar-refractivity contribution in [1.29, 1.82) is 0 Å². The average molecular weight is 501 g/mol. The molecule has 3 heterocycles. The van der Waals surface area contributed by atoms with E-state index in [1.807, 2.05) is 19.1 Å². The number of carbonyl (C=O) groups excluding carboxylic acids is 1. The van der Waals surface area contributed by atoms with Gasteiger partial charge >= 0.3 is 6.36 Å². The van der Waals surface area contributed by atoms with E-state index in [9.17, 15) is 18.0 Å². The Bertz CT molecular complexity index is 1230. The number of carbonyl (C=O) groups is 1. The molecule has 0 spiro atoms. The molecule has 10 heteroatoms. The van der Waals surface area contributed by atoms with Gasteiger partial charge in [0.1, 0.15) is 5.75 Å². The monoisotopic (exact) mass is 500 g/mol. The summed E-state index contributed by atoms with van der Waals surface area (Å²) in [5.41, 5.74) is 3.80. The first kappa shape index (κ1) is 24.3. The zero-order valence-corrected chi connectivity index (χ0v) is 19.9. The molecule has 1 aromatic heterocycles. The molecule has 1 amide bonds. The molecule has 5 rings (SSSR count). The molecule has 0 saturated carbocycles. The van der Waals surface area contributed by atoms with Gasteiger partial charge in [0.15, 0.2) is 5.82 Å². The number of piperidine rings is 1. The number of nitrogens with one attached hydrogen (secondary N) is 1. The molecule has 190 valence electrons. The van der Waals surface area contributed by atoms with Crippen LogP contribution in [0.1, 0.15) is 52.1 Å². The molecular weight excluding hydrogens is 473 g/mol. The maximum atomic E-state index is 13.1. The molecule has 7 nitrogen and oxygen atoms in total. The quantitative estimate of drug-likeness (QED) is 0.490. The highest BCUT2D eigenvalue weighted by atomic mass is 19.4. The lowest BCUT2D eigenvalue weighted by molar-refractivity contribution is -0.274. The second-order valence-corrected chi connectivity index (χ2v) is 9.43. The molecule has 1 saturated heterocycles. The molecule has 36 heavy (non-hydrogen) atoms. The summed E-state index contributed by atoms with van der Waals surface area (Å²) in [5, 5.41) is 7.53. The summed E-state index contributed by atoms with van der Waals surface area (Å²) in [6.07, 6.45) is -0.585. The molecule has 0 aliphatic carbocycles. The Balaban J connectivity index is 1.25. The number of hydrogen-bond acceptors (Lipinski definition) is 6. The van der Waals surface area contributed by atoms with Crippen LogP contribution in [0.2, 0.25) is 0 Å². The molecule has 2 aromatic carbocycles. The summed E-state index contributed by atoms with van der Waals surface area (Å²) in [4.78, 5) is 19.3. The summed E-state index contributed by atoms with van der Waals surface area (Å²) in [7, 11) is 0. The van der Waals surface area contributed by atoms with Gasteiger partial charge in [-0.05, 0) is 86.1 Å². The van der Waals surface area contributed by atoms with Gasteiger partial charge in [-0.3, -0.25) is 4.79 Å². The Kier molecular flexibility index (Phi) is 6.70. The number of benzene rings is 2. The number of aryl methyl sites for hydroxylation is 2. The van der Waals surface area contributed by atoms with Crippen molar-refractivity contribution in [3.8, 4) is 17.2 Å².